The highest BCUT2D eigenvalue weighted by atomic mass is 16.5. The van der Waals surface area contributed by atoms with Crippen LogP contribution in [0, 0.1) is 19.8 Å². The number of aromatic nitrogens is 2. The lowest BCUT2D eigenvalue weighted by molar-refractivity contribution is 0.0526. The fraction of sp³-hybridized carbons (Fsp3) is 0.435. The number of hydrogen-bond donors (Lipinski definition) is 0. The Kier molecular flexibility index (Phi) is 5.51. The van der Waals surface area contributed by atoms with Crippen LogP contribution in [0.1, 0.15) is 47.3 Å². The summed E-state index contributed by atoms with van der Waals surface area (Å²) in [6.07, 6.45) is 3.28. The number of anilines is 1. The van der Waals surface area contributed by atoms with E-state index < -0.39 is 0 Å². The van der Waals surface area contributed by atoms with Crippen molar-refractivity contribution in [1.82, 2.24) is 9.97 Å². The number of furan rings is 1. The maximum absolute atomic E-state index is 12.6. The van der Waals surface area contributed by atoms with E-state index in [2.05, 4.69) is 40.2 Å². The first kappa shape index (κ1) is 19.4. The van der Waals surface area contributed by atoms with Gasteiger partial charge in [-0.2, -0.15) is 4.98 Å². The third-order valence-electron chi connectivity index (χ3n) is 5.58. The Labute approximate surface area is 170 Å². The van der Waals surface area contributed by atoms with E-state index in [-0.39, 0.29) is 5.97 Å². The average Bonchev–Trinajstić information content (AvgIpc) is 3.04. The van der Waals surface area contributed by atoms with Gasteiger partial charge in [-0.1, -0.05) is 30.3 Å². The number of fused-ring (bicyclic) bond motifs is 1. The van der Waals surface area contributed by atoms with Gasteiger partial charge in [0.15, 0.2) is 0 Å². The Hall–Kier alpha value is -2.89. The van der Waals surface area contributed by atoms with Gasteiger partial charge in [0.05, 0.1) is 12.0 Å². The number of nitrogens with zero attached hydrogens (tertiary/aromatic N) is 3. The minimum absolute atomic E-state index is 0.317. The molecule has 3 heterocycles. The predicted octanol–water partition coefficient (Wildman–Crippen LogP) is 4.48. The van der Waals surface area contributed by atoms with Gasteiger partial charge >= 0.3 is 5.97 Å². The van der Waals surface area contributed by atoms with Crippen LogP contribution in [0.2, 0.25) is 0 Å². The lowest BCUT2D eigenvalue weighted by atomic mass is 9.90. The molecule has 0 N–H and O–H groups in total. The molecule has 0 unspecified atom stereocenters. The molecule has 1 aliphatic heterocycles. The van der Waals surface area contributed by atoms with E-state index >= 15 is 0 Å². The van der Waals surface area contributed by atoms with Crippen LogP contribution in [-0.2, 0) is 11.2 Å². The first-order valence-electron chi connectivity index (χ1n) is 10.3. The van der Waals surface area contributed by atoms with E-state index in [0.717, 1.165) is 38.2 Å². The Morgan fingerprint density at radius 2 is 1.90 bits per heavy atom. The van der Waals surface area contributed by atoms with E-state index in [9.17, 15) is 4.79 Å². The molecule has 0 amide bonds. The third-order valence-corrected chi connectivity index (χ3v) is 5.58. The molecule has 2 aromatic heterocycles. The summed E-state index contributed by atoms with van der Waals surface area (Å²) in [6.45, 7) is 7.55. The van der Waals surface area contributed by atoms with Gasteiger partial charge in [-0.25, -0.2) is 9.78 Å². The van der Waals surface area contributed by atoms with Crippen LogP contribution in [0.4, 0.5) is 5.82 Å². The molecule has 0 bridgehead atoms. The maximum atomic E-state index is 12.6. The number of aryl methyl sites for hydroxylation is 2. The summed E-state index contributed by atoms with van der Waals surface area (Å²) in [4.78, 5) is 23.9. The molecule has 6 nitrogen and oxygen atoms in total. The molecule has 0 saturated carbocycles. The molecule has 3 aromatic rings. The van der Waals surface area contributed by atoms with Crippen LogP contribution in [-0.4, -0.2) is 35.6 Å². The third kappa shape index (κ3) is 3.97. The van der Waals surface area contributed by atoms with Crippen molar-refractivity contribution in [3.05, 3.63) is 53.0 Å². The van der Waals surface area contributed by atoms with Crippen LogP contribution in [0.3, 0.4) is 0 Å². The van der Waals surface area contributed by atoms with E-state index in [0.29, 0.717) is 40.8 Å². The van der Waals surface area contributed by atoms with E-state index in [1.165, 1.54) is 5.56 Å². The number of carbonyl (C=O) groups excluding carboxylic acids is 1. The molecule has 0 aliphatic carbocycles. The molecule has 29 heavy (non-hydrogen) atoms. The van der Waals surface area contributed by atoms with Gasteiger partial charge in [0.1, 0.15) is 23.0 Å². The zero-order valence-electron chi connectivity index (χ0n) is 17.3. The van der Waals surface area contributed by atoms with E-state index in [4.69, 9.17) is 14.1 Å². The molecule has 0 atom stereocenters. The van der Waals surface area contributed by atoms with Crippen molar-refractivity contribution in [2.24, 2.45) is 5.92 Å². The number of piperidine rings is 1. The number of hydrogen-bond acceptors (Lipinski definition) is 6. The van der Waals surface area contributed by atoms with Crippen molar-refractivity contribution in [3.8, 4) is 0 Å². The molecule has 0 radical (unpaired) electrons. The Balaban J connectivity index is 1.60. The largest absolute Gasteiger partial charge is 0.462 e. The molecule has 1 saturated heterocycles. The van der Waals surface area contributed by atoms with Crippen molar-refractivity contribution in [1.29, 1.82) is 0 Å². The monoisotopic (exact) mass is 393 g/mol. The SMILES string of the molecule is CCOC(=O)c1c(C)oc2nc(C)nc(N3CCC(Cc4ccccc4)CC3)c12. The van der Waals surface area contributed by atoms with Gasteiger partial charge in [-0.05, 0) is 51.5 Å². The highest BCUT2D eigenvalue weighted by Gasteiger charge is 2.28. The molecule has 0 spiro atoms. The molecular weight excluding hydrogens is 366 g/mol. The lowest BCUT2D eigenvalue weighted by Gasteiger charge is -2.33. The van der Waals surface area contributed by atoms with Crippen molar-refractivity contribution >= 4 is 22.9 Å². The number of ether oxygens (including phenoxy) is 1. The quantitative estimate of drug-likeness (QED) is 0.596. The van der Waals surface area contributed by atoms with Crippen molar-refractivity contribution in [2.45, 2.75) is 40.0 Å². The lowest BCUT2D eigenvalue weighted by Crippen LogP contribution is -2.35. The van der Waals surface area contributed by atoms with Crippen molar-refractivity contribution in [3.63, 3.8) is 0 Å². The number of benzene rings is 1. The predicted molar refractivity (Wildman–Crippen MR) is 112 cm³/mol. The van der Waals surface area contributed by atoms with Crippen molar-refractivity contribution < 1.29 is 13.9 Å². The zero-order chi connectivity index (χ0) is 20.4. The van der Waals surface area contributed by atoms with Gasteiger partial charge in [0.2, 0.25) is 5.71 Å². The highest BCUT2D eigenvalue weighted by molar-refractivity contribution is 6.08. The van der Waals surface area contributed by atoms with E-state index in [1.807, 2.05) is 6.92 Å². The summed E-state index contributed by atoms with van der Waals surface area (Å²) in [5.41, 5.74) is 2.30. The molecule has 1 fully saturated rings. The molecule has 4 rings (SSSR count). The standard InChI is InChI=1S/C23H27N3O3/c1-4-28-23(27)19-15(2)29-22-20(19)21(24-16(3)25-22)26-12-10-18(11-13-26)14-17-8-6-5-7-9-17/h5-9,18H,4,10-14H2,1-3H3. The second kappa shape index (κ2) is 8.23. The summed E-state index contributed by atoms with van der Waals surface area (Å²) in [6, 6.07) is 10.7. The Bertz CT molecular complexity index is 1010. The van der Waals surface area contributed by atoms with Gasteiger partial charge < -0.3 is 14.1 Å². The fourth-order valence-electron chi connectivity index (χ4n) is 4.17. The summed E-state index contributed by atoms with van der Waals surface area (Å²) in [5, 5.41) is 0.674. The van der Waals surface area contributed by atoms with Gasteiger partial charge in [-0.3, -0.25) is 0 Å². The summed E-state index contributed by atoms with van der Waals surface area (Å²) < 4.78 is 11.1. The minimum Gasteiger partial charge on any atom is -0.462 e. The smallest absolute Gasteiger partial charge is 0.342 e. The molecule has 1 aliphatic rings. The molecule has 6 heteroatoms. The normalized spacial score (nSPS) is 15.1. The topological polar surface area (TPSA) is 68.5 Å². The first-order valence-corrected chi connectivity index (χ1v) is 10.3. The van der Waals surface area contributed by atoms with Crippen LogP contribution in [0.15, 0.2) is 34.7 Å². The van der Waals surface area contributed by atoms with E-state index in [1.54, 1.807) is 13.8 Å². The number of esters is 1. The zero-order valence-corrected chi connectivity index (χ0v) is 17.3. The highest BCUT2D eigenvalue weighted by Crippen LogP contribution is 2.34. The maximum Gasteiger partial charge on any atom is 0.342 e. The minimum atomic E-state index is -0.378. The average molecular weight is 393 g/mol. The number of rotatable bonds is 5. The second-order valence-electron chi connectivity index (χ2n) is 7.65. The van der Waals surface area contributed by atoms with Crippen LogP contribution in [0.25, 0.3) is 11.1 Å². The summed E-state index contributed by atoms with van der Waals surface area (Å²) in [5.74, 6) is 2.23. The summed E-state index contributed by atoms with van der Waals surface area (Å²) >= 11 is 0. The molecule has 1 aromatic carbocycles. The number of carbonyl (C=O) groups is 1. The van der Waals surface area contributed by atoms with Crippen molar-refractivity contribution in [2.75, 3.05) is 24.6 Å². The fourth-order valence-corrected chi connectivity index (χ4v) is 4.17. The first-order chi connectivity index (χ1) is 14.1. The van der Waals surface area contributed by atoms with Gasteiger partial charge in [0, 0.05) is 13.1 Å². The molecule has 152 valence electrons. The van der Waals surface area contributed by atoms with Crippen LogP contribution < -0.4 is 4.90 Å². The van der Waals surface area contributed by atoms with Crippen LogP contribution >= 0.6 is 0 Å². The Morgan fingerprint density at radius 3 is 2.59 bits per heavy atom. The second-order valence-corrected chi connectivity index (χ2v) is 7.65. The van der Waals surface area contributed by atoms with Gasteiger partial charge in [0.25, 0.3) is 0 Å². The van der Waals surface area contributed by atoms with Crippen LogP contribution in [0.5, 0.6) is 0 Å². The summed E-state index contributed by atoms with van der Waals surface area (Å²) in [7, 11) is 0. The Morgan fingerprint density at radius 1 is 1.17 bits per heavy atom. The molecular formula is C23H27N3O3. The van der Waals surface area contributed by atoms with Gasteiger partial charge in [-0.15, -0.1) is 0 Å².